The lowest BCUT2D eigenvalue weighted by molar-refractivity contribution is -0.146. The minimum atomic E-state index is -0.796. The molecule has 0 saturated carbocycles. The quantitative estimate of drug-likeness (QED) is 0.721. The first-order valence-electron chi connectivity index (χ1n) is 4.02. The molecule has 0 radical (unpaired) electrons. The summed E-state index contributed by atoms with van der Waals surface area (Å²) in [6, 6.07) is 5.25. The van der Waals surface area contributed by atoms with Crippen molar-refractivity contribution in [3.8, 4) is 5.75 Å². The van der Waals surface area contributed by atoms with Crippen molar-refractivity contribution in [2.75, 3.05) is 12.4 Å². The fourth-order valence-corrected chi connectivity index (χ4v) is 1.46. The smallest absolute Gasteiger partial charge is 0.368 e. The Morgan fingerprint density at radius 1 is 1.64 bits per heavy atom. The van der Waals surface area contributed by atoms with Gasteiger partial charge in [0.05, 0.1) is 17.8 Å². The molecule has 0 aliphatic carbocycles. The Morgan fingerprint density at radius 3 is 3.07 bits per heavy atom. The molecule has 0 amide bonds. The number of rotatable bonds is 1. The van der Waals surface area contributed by atoms with Crippen molar-refractivity contribution in [2.45, 2.75) is 6.23 Å². The van der Waals surface area contributed by atoms with Crippen LogP contribution in [0.15, 0.2) is 18.2 Å². The lowest BCUT2D eigenvalue weighted by Gasteiger charge is -2.07. The Labute approximate surface area is 85.8 Å². The number of anilines is 1. The van der Waals surface area contributed by atoms with Crippen LogP contribution in [0.5, 0.6) is 5.75 Å². The molecular weight excluding hydrogens is 206 g/mol. The van der Waals surface area contributed by atoms with E-state index in [4.69, 9.17) is 16.3 Å². The summed E-state index contributed by atoms with van der Waals surface area (Å²) in [5.41, 5.74) is 0.702. The van der Waals surface area contributed by atoms with E-state index < -0.39 is 12.2 Å². The van der Waals surface area contributed by atoms with Crippen LogP contribution in [0.2, 0.25) is 5.02 Å². The van der Waals surface area contributed by atoms with Gasteiger partial charge in [-0.2, -0.15) is 0 Å². The number of ether oxygens (including phenoxy) is 2. The van der Waals surface area contributed by atoms with E-state index in [9.17, 15) is 4.79 Å². The number of carbonyl (C=O) groups is 1. The zero-order valence-electron chi connectivity index (χ0n) is 7.41. The number of hydrogen-bond donors (Lipinski definition) is 1. The van der Waals surface area contributed by atoms with Crippen molar-refractivity contribution in [2.24, 2.45) is 0 Å². The van der Waals surface area contributed by atoms with Crippen LogP contribution in [0.4, 0.5) is 5.69 Å². The van der Waals surface area contributed by atoms with Gasteiger partial charge in [0.2, 0.25) is 0 Å². The molecule has 0 aromatic heterocycles. The van der Waals surface area contributed by atoms with Crippen molar-refractivity contribution in [3.05, 3.63) is 23.2 Å². The molecule has 1 aromatic rings. The molecule has 14 heavy (non-hydrogen) atoms. The molecule has 1 aliphatic rings. The van der Waals surface area contributed by atoms with Gasteiger partial charge < -0.3 is 14.8 Å². The van der Waals surface area contributed by atoms with Gasteiger partial charge in [-0.05, 0) is 12.1 Å². The maximum absolute atomic E-state index is 11.1. The van der Waals surface area contributed by atoms with Gasteiger partial charge >= 0.3 is 5.97 Å². The predicted molar refractivity (Wildman–Crippen MR) is 51.5 cm³/mol. The molecule has 0 fully saturated rings. The highest BCUT2D eigenvalue weighted by molar-refractivity contribution is 6.32. The molecule has 74 valence electrons. The maximum atomic E-state index is 11.1. The summed E-state index contributed by atoms with van der Waals surface area (Å²) >= 11 is 5.87. The van der Waals surface area contributed by atoms with E-state index in [-0.39, 0.29) is 0 Å². The lowest BCUT2D eigenvalue weighted by atomic mass is 10.3. The molecule has 5 heteroatoms. The first kappa shape index (κ1) is 9.15. The van der Waals surface area contributed by atoms with Gasteiger partial charge in [-0.3, -0.25) is 0 Å². The summed E-state index contributed by atoms with van der Waals surface area (Å²) < 4.78 is 9.81. The van der Waals surface area contributed by atoms with Crippen molar-refractivity contribution >= 4 is 23.3 Å². The second kappa shape index (κ2) is 3.38. The maximum Gasteiger partial charge on any atom is 0.368 e. The average Bonchev–Trinajstić information content (AvgIpc) is 2.62. The summed E-state index contributed by atoms with van der Waals surface area (Å²) in [6.07, 6.45) is -0.796. The predicted octanol–water partition coefficient (Wildman–Crippen LogP) is 1.64. The van der Waals surface area contributed by atoms with Crippen LogP contribution in [0.3, 0.4) is 0 Å². The molecule has 1 N–H and O–H groups in total. The van der Waals surface area contributed by atoms with E-state index in [2.05, 4.69) is 10.1 Å². The molecular formula is C9H8ClNO3. The van der Waals surface area contributed by atoms with Crippen molar-refractivity contribution in [3.63, 3.8) is 0 Å². The van der Waals surface area contributed by atoms with Crippen LogP contribution in [-0.2, 0) is 9.53 Å². The lowest BCUT2D eigenvalue weighted by Crippen LogP contribution is -2.31. The largest absolute Gasteiger partial charge is 0.465 e. The first-order valence-corrected chi connectivity index (χ1v) is 4.39. The zero-order valence-corrected chi connectivity index (χ0v) is 8.17. The van der Waals surface area contributed by atoms with Gasteiger partial charge in [0.1, 0.15) is 0 Å². The standard InChI is InChI=1S/C9H8ClNO3/c1-13-9(12)8-11-6-4-2-3-5(10)7(6)14-8/h2-4,8,11H,1H3. The van der Waals surface area contributed by atoms with E-state index in [1.54, 1.807) is 18.2 Å². The molecule has 0 spiro atoms. The van der Waals surface area contributed by atoms with Gasteiger partial charge in [0.15, 0.2) is 5.75 Å². The SMILES string of the molecule is COC(=O)C1Nc2cccc(Cl)c2O1. The van der Waals surface area contributed by atoms with Gasteiger partial charge in [0.25, 0.3) is 6.23 Å². The van der Waals surface area contributed by atoms with E-state index in [0.29, 0.717) is 16.5 Å². The summed E-state index contributed by atoms with van der Waals surface area (Å²) in [5, 5.41) is 3.32. The fourth-order valence-electron chi connectivity index (χ4n) is 1.24. The molecule has 4 nitrogen and oxygen atoms in total. The number of carbonyl (C=O) groups excluding carboxylic acids is 1. The Morgan fingerprint density at radius 2 is 2.43 bits per heavy atom. The number of hydrogen-bond acceptors (Lipinski definition) is 4. The second-order valence-electron chi connectivity index (χ2n) is 2.78. The summed E-state index contributed by atoms with van der Waals surface area (Å²) in [4.78, 5) is 11.1. The summed E-state index contributed by atoms with van der Waals surface area (Å²) in [7, 11) is 1.30. The molecule has 0 bridgehead atoms. The Hall–Kier alpha value is -1.42. The van der Waals surface area contributed by atoms with Crippen molar-refractivity contribution in [1.29, 1.82) is 0 Å². The van der Waals surface area contributed by atoms with Gasteiger partial charge in [-0.15, -0.1) is 0 Å². The van der Waals surface area contributed by atoms with Crippen LogP contribution in [-0.4, -0.2) is 19.3 Å². The van der Waals surface area contributed by atoms with Gasteiger partial charge in [-0.25, -0.2) is 4.79 Å². The second-order valence-corrected chi connectivity index (χ2v) is 3.19. The van der Waals surface area contributed by atoms with Crippen molar-refractivity contribution in [1.82, 2.24) is 0 Å². The average molecular weight is 214 g/mol. The van der Waals surface area contributed by atoms with Gasteiger partial charge in [-0.1, -0.05) is 17.7 Å². The number of fused-ring (bicyclic) bond motifs is 1. The summed E-state index contributed by atoms with van der Waals surface area (Å²) in [6.45, 7) is 0. The number of nitrogens with one attached hydrogen (secondary N) is 1. The Kier molecular flexibility index (Phi) is 2.21. The first-order chi connectivity index (χ1) is 6.72. The number of esters is 1. The molecule has 1 atom stereocenters. The number of benzene rings is 1. The topological polar surface area (TPSA) is 47.6 Å². The third-order valence-electron chi connectivity index (χ3n) is 1.90. The molecule has 0 saturated heterocycles. The van der Waals surface area contributed by atoms with Crippen molar-refractivity contribution < 1.29 is 14.3 Å². The molecule has 1 aromatic carbocycles. The van der Waals surface area contributed by atoms with Crippen LogP contribution in [0.25, 0.3) is 0 Å². The molecule has 1 aliphatic heterocycles. The number of para-hydroxylation sites is 1. The molecule has 1 unspecified atom stereocenters. The van der Waals surface area contributed by atoms with Gasteiger partial charge in [0, 0.05) is 0 Å². The third-order valence-corrected chi connectivity index (χ3v) is 2.20. The minimum Gasteiger partial charge on any atom is -0.465 e. The third kappa shape index (κ3) is 1.37. The minimum absolute atomic E-state index is 0.474. The highest BCUT2D eigenvalue weighted by Gasteiger charge is 2.30. The van der Waals surface area contributed by atoms with Crippen LogP contribution < -0.4 is 10.1 Å². The zero-order chi connectivity index (χ0) is 10.1. The molecule has 2 rings (SSSR count). The Balaban J connectivity index is 2.26. The highest BCUT2D eigenvalue weighted by Crippen LogP contribution is 2.38. The fraction of sp³-hybridized carbons (Fsp3) is 0.222. The van der Waals surface area contributed by atoms with E-state index in [0.717, 1.165) is 0 Å². The van der Waals surface area contributed by atoms with E-state index in [1.807, 2.05) is 0 Å². The highest BCUT2D eigenvalue weighted by atomic mass is 35.5. The monoisotopic (exact) mass is 213 g/mol. The van der Waals surface area contributed by atoms with Crippen LogP contribution >= 0.6 is 11.6 Å². The number of halogens is 1. The molecule has 1 heterocycles. The van der Waals surface area contributed by atoms with Crippen LogP contribution in [0, 0.1) is 0 Å². The normalized spacial score (nSPS) is 18.0. The van der Waals surface area contributed by atoms with E-state index >= 15 is 0 Å². The number of methoxy groups -OCH3 is 1. The van der Waals surface area contributed by atoms with E-state index in [1.165, 1.54) is 7.11 Å². The summed E-state index contributed by atoms with van der Waals surface area (Å²) in [5.74, 6) is 0.0156. The van der Waals surface area contributed by atoms with Crippen LogP contribution in [0.1, 0.15) is 0 Å². The Bertz CT molecular complexity index is 380.